The van der Waals surface area contributed by atoms with Gasteiger partial charge in [0.2, 0.25) is 0 Å². The van der Waals surface area contributed by atoms with Crippen LogP contribution in [0, 0.1) is 18.3 Å². The monoisotopic (exact) mass is 285 g/mol. The highest BCUT2D eigenvalue weighted by molar-refractivity contribution is 6.32. The number of carbonyl (C=O) groups is 1. The molecule has 0 saturated heterocycles. The summed E-state index contributed by atoms with van der Waals surface area (Å²) in [6.07, 6.45) is 0. The minimum absolute atomic E-state index is 0.290. The molecule has 0 bridgehead atoms. The Kier molecular flexibility index (Phi) is 3.92. The van der Waals surface area contributed by atoms with Crippen molar-refractivity contribution in [2.24, 2.45) is 0 Å². The van der Waals surface area contributed by atoms with Crippen LogP contribution in [0.5, 0.6) is 0 Å². The van der Waals surface area contributed by atoms with E-state index in [2.05, 4.69) is 5.32 Å². The molecule has 0 heterocycles. The van der Waals surface area contributed by atoms with Crippen LogP contribution < -0.4 is 11.1 Å². The van der Waals surface area contributed by atoms with Crippen LogP contribution in [0.4, 0.5) is 11.4 Å². The van der Waals surface area contributed by atoms with E-state index in [-0.39, 0.29) is 5.91 Å². The molecule has 0 radical (unpaired) electrons. The van der Waals surface area contributed by atoms with E-state index in [1.807, 2.05) is 6.07 Å². The Bertz CT molecular complexity index is 720. The summed E-state index contributed by atoms with van der Waals surface area (Å²) in [4.78, 5) is 12.2. The highest BCUT2D eigenvalue weighted by Crippen LogP contribution is 2.23. The number of benzene rings is 2. The molecule has 0 saturated carbocycles. The Morgan fingerprint density at radius 2 is 2.10 bits per heavy atom. The number of carbonyl (C=O) groups excluding carboxylic acids is 1. The highest BCUT2D eigenvalue weighted by Gasteiger charge is 2.12. The molecular formula is C15H12ClN3O. The predicted molar refractivity (Wildman–Crippen MR) is 79.7 cm³/mol. The number of nitrogens with zero attached hydrogens (tertiary/aromatic N) is 1. The van der Waals surface area contributed by atoms with Gasteiger partial charge in [-0.2, -0.15) is 5.26 Å². The summed E-state index contributed by atoms with van der Waals surface area (Å²) >= 11 is 5.99. The maximum absolute atomic E-state index is 12.2. The van der Waals surface area contributed by atoms with Crippen molar-refractivity contribution in [1.82, 2.24) is 0 Å². The first-order valence-corrected chi connectivity index (χ1v) is 6.27. The number of anilines is 2. The van der Waals surface area contributed by atoms with E-state index in [4.69, 9.17) is 22.6 Å². The molecule has 100 valence electrons. The quantitative estimate of drug-likeness (QED) is 0.831. The van der Waals surface area contributed by atoms with Crippen LogP contribution in [-0.2, 0) is 0 Å². The lowest BCUT2D eigenvalue weighted by Gasteiger charge is -2.10. The molecule has 5 heteroatoms. The summed E-state index contributed by atoms with van der Waals surface area (Å²) in [5.41, 5.74) is 8.25. The first-order valence-electron chi connectivity index (χ1n) is 5.89. The largest absolute Gasteiger partial charge is 0.397 e. The van der Waals surface area contributed by atoms with Gasteiger partial charge in [-0.1, -0.05) is 17.7 Å². The van der Waals surface area contributed by atoms with Crippen molar-refractivity contribution in [2.75, 3.05) is 11.1 Å². The van der Waals surface area contributed by atoms with Crippen LogP contribution in [0.2, 0.25) is 5.02 Å². The summed E-state index contributed by atoms with van der Waals surface area (Å²) in [5, 5.41) is 12.0. The third-order valence-electron chi connectivity index (χ3n) is 2.94. The zero-order valence-electron chi connectivity index (χ0n) is 10.8. The van der Waals surface area contributed by atoms with Crippen LogP contribution in [0.15, 0.2) is 36.4 Å². The maximum Gasteiger partial charge on any atom is 0.256 e. The van der Waals surface area contributed by atoms with Crippen molar-refractivity contribution in [3.8, 4) is 6.07 Å². The number of nitrogens with two attached hydrogens (primary N) is 1. The molecule has 0 aliphatic heterocycles. The molecule has 0 spiro atoms. The summed E-state index contributed by atoms with van der Waals surface area (Å²) < 4.78 is 0. The van der Waals surface area contributed by atoms with Crippen molar-refractivity contribution in [2.45, 2.75) is 6.92 Å². The molecule has 4 nitrogen and oxygen atoms in total. The molecule has 0 unspecified atom stereocenters. The Morgan fingerprint density at radius 3 is 2.75 bits per heavy atom. The second kappa shape index (κ2) is 5.64. The van der Waals surface area contributed by atoms with Crippen LogP contribution in [0.1, 0.15) is 21.5 Å². The molecular weight excluding hydrogens is 274 g/mol. The Morgan fingerprint density at radius 1 is 1.35 bits per heavy atom. The number of nitrogen functional groups attached to an aromatic ring is 1. The van der Waals surface area contributed by atoms with Gasteiger partial charge in [-0.15, -0.1) is 0 Å². The smallest absolute Gasteiger partial charge is 0.256 e. The number of rotatable bonds is 2. The number of amides is 1. The molecule has 1 amide bonds. The lowest BCUT2D eigenvalue weighted by atomic mass is 10.1. The van der Waals surface area contributed by atoms with E-state index in [0.29, 0.717) is 33.1 Å². The van der Waals surface area contributed by atoms with Crippen molar-refractivity contribution in [3.63, 3.8) is 0 Å². The number of hydrogen-bond donors (Lipinski definition) is 2. The summed E-state index contributed by atoms with van der Waals surface area (Å²) in [5.74, 6) is -0.290. The average molecular weight is 286 g/mol. The second-order valence-corrected chi connectivity index (χ2v) is 4.69. The van der Waals surface area contributed by atoms with Gasteiger partial charge in [0.05, 0.1) is 23.0 Å². The fraction of sp³-hybridized carbons (Fsp3) is 0.0667. The van der Waals surface area contributed by atoms with Gasteiger partial charge in [0.15, 0.2) is 0 Å². The van der Waals surface area contributed by atoms with Gasteiger partial charge in [0.25, 0.3) is 5.91 Å². The summed E-state index contributed by atoms with van der Waals surface area (Å²) in [6, 6.07) is 11.8. The van der Waals surface area contributed by atoms with E-state index in [1.165, 1.54) is 6.07 Å². The molecule has 2 aromatic rings. The third-order valence-corrected chi connectivity index (χ3v) is 3.35. The van der Waals surface area contributed by atoms with Gasteiger partial charge >= 0.3 is 0 Å². The van der Waals surface area contributed by atoms with E-state index in [9.17, 15) is 4.79 Å². The topological polar surface area (TPSA) is 78.9 Å². The van der Waals surface area contributed by atoms with Crippen molar-refractivity contribution in [3.05, 3.63) is 58.1 Å². The third kappa shape index (κ3) is 2.73. The van der Waals surface area contributed by atoms with Gasteiger partial charge in [-0.05, 0) is 42.8 Å². The second-order valence-electron chi connectivity index (χ2n) is 4.28. The zero-order valence-corrected chi connectivity index (χ0v) is 11.5. The van der Waals surface area contributed by atoms with Crippen LogP contribution in [0.25, 0.3) is 0 Å². The normalized spacial score (nSPS) is 9.85. The fourth-order valence-electron chi connectivity index (χ4n) is 1.79. The standard InChI is InChI=1S/C15H12ClN3O/c1-9-11(3-2-4-12(9)16)15(20)19-14-6-5-10(8-17)7-13(14)18/h2-7H,18H2,1H3,(H,19,20). The lowest BCUT2D eigenvalue weighted by Crippen LogP contribution is -2.14. The van der Waals surface area contributed by atoms with Crippen molar-refractivity contribution in [1.29, 1.82) is 5.26 Å². The maximum atomic E-state index is 12.2. The minimum Gasteiger partial charge on any atom is -0.397 e. The lowest BCUT2D eigenvalue weighted by molar-refractivity contribution is 0.102. The van der Waals surface area contributed by atoms with E-state index < -0.39 is 0 Å². The average Bonchev–Trinajstić information content (AvgIpc) is 2.44. The van der Waals surface area contributed by atoms with Crippen molar-refractivity contribution < 1.29 is 4.79 Å². The predicted octanol–water partition coefficient (Wildman–Crippen LogP) is 3.35. The zero-order chi connectivity index (χ0) is 14.7. The molecule has 2 aromatic carbocycles. The van der Waals surface area contributed by atoms with Crippen molar-refractivity contribution >= 4 is 28.9 Å². The van der Waals surface area contributed by atoms with Gasteiger partial charge in [0, 0.05) is 10.6 Å². The summed E-state index contributed by atoms with van der Waals surface area (Å²) in [7, 11) is 0. The van der Waals surface area contributed by atoms with Crippen LogP contribution in [0.3, 0.4) is 0 Å². The first kappa shape index (κ1) is 13.9. The van der Waals surface area contributed by atoms with Gasteiger partial charge in [-0.3, -0.25) is 4.79 Å². The highest BCUT2D eigenvalue weighted by atomic mass is 35.5. The van der Waals surface area contributed by atoms with Gasteiger partial charge in [0.1, 0.15) is 0 Å². The Labute approximate surface area is 121 Å². The fourth-order valence-corrected chi connectivity index (χ4v) is 1.96. The molecule has 2 rings (SSSR count). The van der Waals surface area contributed by atoms with E-state index >= 15 is 0 Å². The number of nitrogens with one attached hydrogen (secondary N) is 1. The van der Waals surface area contributed by atoms with E-state index in [1.54, 1.807) is 37.3 Å². The molecule has 0 aromatic heterocycles. The van der Waals surface area contributed by atoms with E-state index in [0.717, 1.165) is 0 Å². The molecule has 0 aliphatic rings. The first-order chi connectivity index (χ1) is 9.52. The van der Waals surface area contributed by atoms with Gasteiger partial charge < -0.3 is 11.1 Å². The summed E-state index contributed by atoms with van der Waals surface area (Å²) in [6.45, 7) is 1.78. The van der Waals surface area contributed by atoms with Crippen LogP contribution >= 0.6 is 11.6 Å². The molecule has 3 N–H and O–H groups in total. The Hall–Kier alpha value is -2.51. The Balaban J connectivity index is 2.29. The van der Waals surface area contributed by atoms with Gasteiger partial charge in [-0.25, -0.2) is 0 Å². The molecule has 0 atom stereocenters. The minimum atomic E-state index is -0.290. The molecule has 20 heavy (non-hydrogen) atoms. The number of nitriles is 1. The molecule has 0 aliphatic carbocycles. The van der Waals surface area contributed by atoms with Crippen LogP contribution in [-0.4, -0.2) is 5.91 Å². The number of hydrogen-bond acceptors (Lipinski definition) is 3. The number of halogens is 1. The molecule has 0 fully saturated rings. The SMILES string of the molecule is Cc1c(Cl)cccc1C(=O)Nc1ccc(C#N)cc1N.